The molecule has 0 aromatic carbocycles. The molecule has 1 fully saturated rings. The first-order valence-electron chi connectivity index (χ1n) is 8.22. The second-order valence-electron chi connectivity index (χ2n) is 6.31. The Kier molecular flexibility index (Phi) is 7.11. The minimum atomic E-state index is -2.16. The lowest BCUT2D eigenvalue weighted by molar-refractivity contribution is -0.165. The quantitative estimate of drug-likeness (QED) is 0.228. The van der Waals surface area contributed by atoms with E-state index in [-0.39, 0.29) is 0 Å². The fraction of sp³-hybridized carbons (Fsp3) is 0.500. The number of carbonyl (C=O) groups excluding carboxylic acids is 2. The van der Waals surface area contributed by atoms with Crippen LogP contribution in [-0.2, 0) is 14.4 Å². The SMILES string of the molecule is CCC/C=C/C=C/C(O)=C1\C(=O)NC(CC(O)(C(=O)O)C(C)C)C1=O. The Morgan fingerprint density at radius 1 is 1.28 bits per heavy atom. The highest BCUT2D eigenvalue weighted by Crippen LogP contribution is 2.27. The molecule has 7 heteroatoms. The summed E-state index contributed by atoms with van der Waals surface area (Å²) in [6.07, 6.45) is 7.68. The first-order chi connectivity index (χ1) is 11.6. The van der Waals surface area contributed by atoms with Crippen LogP contribution < -0.4 is 5.32 Å². The van der Waals surface area contributed by atoms with Crippen molar-refractivity contribution in [3.05, 3.63) is 35.6 Å². The Bertz CT molecular complexity index is 631. The molecule has 0 radical (unpaired) electrons. The van der Waals surface area contributed by atoms with E-state index < -0.39 is 53.0 Å². The highest BCUT2D eigenvalue weighted by Gasteiger charge is 2.47. The topological polar surface area (TPSA) is 124 Å². The number of carboxylic acids is 1. The van der Waals surface area contributed by atoms with Crippen LogP contribution in [-0.4, -0.2) is 44.6 Å². The average molecular weight is 351 g/mol. The zero-order chi connectivity index (χ0) is 19.2. The van der Waals surface area contributed by atoms with Gasteiger partial charge in [-0.3, -0.25) is 9.59 Å². The summed E-state index contributed by atoms with van der Waals surface area (Å²) in [4.78, 5) is 35.7. The average Bonchev–Trinajstić information content (AvgIpc) is 2.80. The van der Waals surface area contributed by atoms with Gasteiger partial charge in [-0.2, -0.15) is 0 Å². The summed E-state index contributed by atoms with van der Waals surface area (Å²) in [5.41, 5.74) is -2.58. The van der Waals surface area contributed by atoms with Crippen LogP contribution in [0.25, 0.3) is 0 Å². The molecule has 2 unspecified atom stereocenters. The molecule has 0 aromatic rings. The summed E-state index contributed by atoms with van der Waals surface area (Å²) in [6, 6.07) is -1.20. The fourth-order valence-electron chi connectivity index (χ4n) is 2.42. The Labute approximate surface area is 146 Å². The number of nitrogens with one attached hydrogen (secondary N) is 1. The lowest BCUT2D eigenvalue weighted by Gasteiger charge is -2.29. The molecule has 1 saturated heterocycles. The molecule has 25 heavy (non-hydrogen) atoms. The number of hydrogen-bond acceptors (Lipinski definition) is 5. The van der Waals surface area contributed by atoms with Crippen molar-refractivity contribution in [3.63, 3.8) is 0 Å². The van der Waals surface area contributed by atoms with Gasteiger partial charge < -0.3 is 20.6 Å². The van der Waals surface area contributed by atoms with E-state index >= 15 is 0 Å². The van der Waals surface area contributed by atoms with Crippen LogP contribution >= 0.6 is 0 Å². The maximum atomic E-state index is 12.4. The number of Topliss-reactive ketones (excluding diaryl/α,β-unsaturated/α-hetero) is 1. The Morgan fingerprint density at radius 3 is 2.44 bits per heavy atom. The summed E-state index contributed by atoms with van der Waals surface area (Å²) in [5, 5.41) is 31.8. The van der Waals surface area contributed by atoms with Gasteiger partial charge in [0.15, 0.2) is 11.4 Å². The van der Waals surface area contributed by atoms with Crippen molar-refractivity contribution >= 4 is 17.7 Å². The van der Waals surface area contributed by atoms with Crippen LogP contribution in [0.2, 0.25) is 0 Å². The van der Waals surface area contributed by atoms with Crippen molar-refractivity contribution in [1.29, 1.82) is 0 Å². The number of amides is 1. The molecular formula is C18H25NO6. The number of ketones is 1. The van der Waals surface area contributed by atoms with Crippen LogP contribution in [0, 0.1) is 5.92 Å². The second-order valence-corrected chi connectivity index (χ2v) is 6.31. The molecule has 0 saturated carbocycles. The first-order valence-corrected chi connectivity index (χ1v) is 8.22. The minimum absolute atomic E-state index is 0.429. The highest BCUT2D eigenvalue weighted by molar-refractivity contribution is 6.27. The van der Waals surface area contributed by atoms with Crippen LogP contribution in [0.15, 0.2) is 35.6 Å². The third kappa shape index (κ3) is 4.79. The monoisotopic (exact) mass is 351 g/mol. The summed E-state index contributed by atoms with van der Waals surface area (Å²) < 4.78 is 0. The third-order valence-electron chi connectivity index (χ3n) is 4.15. The molecule has 1 aliphatic heterocycles. The number of aliphatic hydroxyl groups excluding tert-OH is 1. The second kappa shape index (κ2) is 8.62. The maximum Gasteiger partial charge on any atom is 0.336 e. The van der Waals surface area contributed by atoms with Gasteiger partial charge in [0.2, 0.25) is 0 Å². The van der Waals surface area contributed by atoms with Gasteiger partial charge >= 0.3 is 5.97 Å². The normalized spacial score (nSPS) is 22.7. The molecular weight excluding hydrogens is 326 g/mol. The number of rotatable bonds is 8. The van der Waals surface area contributed by atoms with Crippen LogP contribution in [0.5, 0.6) is 0 Å². The lowest BCUT2D eigenvalue weighted by Crippen LogP contribution is -2.49. The largest absolute Gasteiger partial charge is 0.507 e. The number of carboxylic acid groups (broad SMARTS) is 1. The molecule has 0 spiro atoms. The Morgan fingerprint density at radius 2 is 1.92 bits per heavy atom. The van der Waals surface area contributed by atoms with E-state index in [1.807, 2.05) is 13.0 Å². The summed E-state index contributed by atoms with van der Waals surface area (Å²) in [6.45, 7) is 5.04. The third-order valence-corrected chi connectivity index (χ3v) is 4.15. The Balaban J connectivity index is 2.99. The lowest BCUT2D eigenvalue weighted by atomic mass is 9.83. The number of unbranched alkanes of at least 4 members (excludes halogenated alkanes) is 1. The van der Waals surface area contributed by atoms with E-state index in [4.69, 9.17) is 0 Å². The zero-order valence-electron chi connectivity index (χ0n) is 14.7. The standard InChI is InChI=1S/C18H25NO6/c1-4-5-6-7-8-9-13(20)14-15(21)12(19-16(14)22)10-18(25,11(2)3)17(23)24/h6-9,11-12,20,25H,4-5,10H2,1-3H3,(H,19,22)(H,23,24)/b7-6+,9-8+,14-13+. The number of allylic oxidation sites excluding steroid dienone is 4. The molecule has 138 valence electrons. The van der Waals surface area contributed by atoms with Gasteiger partial charge in [0.25, 0.3) is 5.91 Å². The van der Waals surface area contributed by atoms with Gasteiger partial charge in [0.05, 0.1) is 6.04 Å². The minimum Gasteiger partial charge on any atom is -0.507 e. The number of carbonyl (C=O) groups is 3. The van der Waals surface area contributed by atoms with Crippen molar-refractivity contribution in [2.75, 3.05) is 0 Å². The van der Waals surface area contributed by atoms with Crippen molar-refractivity contribution in [2.45, 2.75) is 51.7 Å². The number of aliphatic hydroxyl groups is 2. The van der Waals surface area contributed by atoms with E-state index in [0.717, 1.165) is 12.8 Å². The van der Waals surface area contributed by atoms with Gasteiger partial charge in [0, 0.05) is 6.42 Å². The maximum absolute atomic E-state index is 12.4. The molecule has 0 aromatic heterocycles. The summed E-state index contributed by atoms with van der Waals surface area (Å²) in [7, 11) is 0. The van der Waals surface area contributed by atoms with E-state index in [0.29, 0.717) is 0 Å². The highest BCUT2D eigenvalue weighted by atomic mass is 16.4. The van der Waals surface area contributed by atoms with Gasteiger partial charge in [0.1, 0.15) is 11.3 Å². The molecule has 0 aliphatic carbocycles. The predicted molar refractivity (Wildman–Crippen MR) is 91.8 cm³/mol. The van der Waals surface area contributed by atoms with Crippen LogP contribution in [0.3, 0.4) is 0 Å². The van der Waals surface area contributed by atoms with Crippen molar-refractivity contribution < 1.29 is 29.7 Å². The molecule has 7 nitrogen and oxygen atoms in total. The van der Waals surface area contributed by atoms with Crippen LogP contribution in [0.1, 0.15) is 40.0 Å². The van der Waals surface area contributed by atoms with E-state index in [2.05, 4.69) is 5.32 Å². The van der Waals surface area contributed by atoms with Gasteiger partial charge in [-0.1, -0.05) is 45.4 Å². The van der Waals surface area contributed by atoms with Crippen molar-refractivity contribution in [1.82, 2.24) is 5.32 Å². The van der Waals surface area contributed by atoms with Crippen molar-refractivity contribution in [3.8, 4) is 0 Å². The summed E-state index contributed by atoms with van der Waals surface area (Å²) in [5.74, 6) is -4.14. The molecule has 1 heterocycles. The molecule has 2 atom stereocenters. The van der Waals surface area contributed by atoms with Gasteiger partial charge in [-0.25, -0.2) is 4.79 Å². The van der Waals surface area contributed by atoms with Crippen molar-refractivity contribution in [2.24, 2.45) is 5.92 Å². The molecule has 1 aliphatic rings. The smallest absolute Gasteiger partial charge is 0.336 e. The zero-order valence-corrected chi connectivity index (χ0v) is 14.7. The first kappa shape index (κ1) is 20.6. The summed E-state index contributed by atoms with van der Waals surface area (Å²) >= 11 is 0. The Hall–Kier alpha value is -2.41. The molecule has 4 N–H and O–H groups in total. The van der Waals surface area contributed by atoms with E-state index in [1.165, 1.54) is 26.0 Å². The molecule has 1 rings (SSSR count). The van der Waals surface area contributed by atoms with E-state index in [1.54, 1.807) is 6.08 Å². The van der Waals surface area contributed by atoms with Gasteiger partial charge in [-0.05, 0) is 18.4 Å². The molecule has 0 bridgehead atoms. The number of aliphatic carboxylic acids is 1. The number of hydrogen-bond donors (Lipinski definition) is 4. The van der Waals surface area contributed by atoms with E-state index in [9.17, 15) is 29.7 Å². The van der Waals surface area contributed by atoms with Gasteiger partial charge in [-0.15, -0.1) is 0 Å². The fourth-order valence-corrected chi connectivity index (χ4v) is 2.42. The van der Waals surface area contributed by atoms with Crippen LogP contribution in [0.4, 0.5) is 0 Å². The molecule has 1 amide bonds. The predicted octanol–water partition coefficient (Wildman–Crippen LogP) is 1.64.